The molecule has 0 amide bonds. The smallest absolute Gasteiger partial charge is 0.179 e. The van der Waals surface area contributed by atoms with E-state index in [-0.39, 0.29) is 5.41 Å². The molecule has 0 saturated heterocycles. The minimum atomic E-state index is -2.72. The number of benzene rings is 10. The fourth-order valence-corrected chi connectivity index (χ4v) is 19.0. The third-order valence-corrected chi connectivity index (χ3v) is 22.4. The maximum Gasteiger partial charge on any atom is 0.179 e. The molecule has 0 aliphatic heterocycles. The van der Waals surface area contributed by atoms with E-state index >= 15 is 0 Å². The number of nitrogens with zero attached hydrogens (tertiary/aromatic N) is 1. The van der Waals surface area contributed by atoms with Crippen LogP contribution in [0.15, 0.2) is 255 Å². The molecule has 0 fully saturated rings. The van der Waals surface area contributed by atoms with Crippen LogP contribution in [0.4, 0.5) is 0 Å². The predicted molar refractivity (Wildman–Crippen MR) is 314 cm³/mol. The van der Waals surface area contributed by atoms with Crippen LogP contribution in [-0.4, -0.2) is 12.6 Å². The Morgan fingerprint density at radius 3 is 1.54 bits per heavy atom. The van der Waals surface area contributed by atoms with Gasteiger partial charge in [-0.2, -0.15) is 0 Å². The number of hydrogen-bond acceptors (Lipinski definition) is 0. The Bertz CT molecular complexity index is 3820. The maximum absolute atomic E-state index is 2.72. The molecule has 1 heterocycles. The van der Waals surface area contributed by atoms with Crippen molar-refractivity contribution >= 4 is 45.8 Å². The van der Waals surface area contributed by atoms with Crippen molar-refractivity contribution in [3.63, 3.8) is 0 Å². The molecule has 11 aromatic rings. The van der Waals surface area contributed by atoms with E-state index in [0.717, 1.165) is 25.7 Å². The van der Waals surface area contributed by atoms with Crippen LogP contribution in [0.3, 0.4) is 0 Å². The number of rotatable bonds is 10. The molecule has 0 spiro atoms. The van der Waals surface area contributed by atoms with Crippen molar-refractivity contribution in [3.8, 4) is 39.1 Å². The van der Waals surface area contributed by atoms with Gasteiger partial charge in [-0.3, -0.25) is 0 Å². The van der Waals surface area contributed by atoms with Crippen LogP contribution in [0.25, 0.3) is 56.0 Å². The predicted octanol–water partition coefficient (Wildman–Crippen LogP) is 15.1. The molecular formula is C72H57NSi. The van der Waals surface area contributed by atoms with Gasteiger partial charge in [0.2, 0.25) is 0 Å². The van der Waals surface area contributed by atoms with Gasteiger partial charge in [0.1, 0.15) is 0 Å². The van der Waals surface area contributed by atoms with Gasteiger partial charge in [0, 0.05) is 27.7 Å². The van der Waals surface area contributed by atoms with Crippen LogP contribution >= 0.6 is 0 Å². The first-order valence-corrected chi connectivity index (χ1v) is 28.8. The lowest BCUT2D eigenvalue weighted by Crippen LogP contribution is -2.74. The quantitative estimate of drug-likeness (QED) is 0.0951. The molecule has 1 aromatic heterocycles. The largest absolute Gasteiger partial charge is 0.313 e. The number of fused-ring (bicyclic) bond motifs is 9. The molecule has 0 N–H and O–H groups in total. The van der Waals surface area contributed by atoms with Crippen molar-refractivity contribution in [1.82, 2.24) is 4.57 Å². The Balaban J connectivity index is 0.907. The normalized spacial score (nSPS) is 14.5. The standard InChI is InChI=1S/C72H57NSi/c1-3-71(4-2)66-47-51(38-42-60(66)61-44-41-58(49-67(61)71)74(55-28-14-7-15-29-55,56-30-16-8-17-31-56)57-32-18-9-19-33-57)50-39-45-70-64(46-50)63-35-21-23-37-69(63)73(70)54-40-43-62-59-34-20-22-36-65(59)72(68(62)48-54,52-24-10-5-11-25-52)53-26-12-6-13-27-53/h5-22,24-36,38-49H,3-4,23,37H2,1-2H3. The summed E-state index contributed by atoms with van der Waals surface area (Å²) in [4.78, 5) is 0. The third-order valence-electron chi connectivity index (χ3n) is 17.6. The van der Waals surface area contributed by atoms with Gasteiger partial charge in [-0.1, -0.05) is 244 Å². The lowest BCUT2D eigenvalue weighted by Gasteiger charge is -2.36. The van der Waals surface area contributed by atoms with Crippen LogP contribution in [0, 0.1) is 0 Å². The molecule has 1 nitrogen and oxygen atoms in total. The molecule has 0 bridgehead atoms. The highest BCUT2D eigenvalue weighted by molar-refractivity contribution is 7.19. The first kappa shape index (κ1) is 44.4. The van der Waals surface area contributed by atoms with Crippen molar-refractivity contribution in [2.24, 2.45) is 0 Å². The lowest BCUT2D eigenvalue weighted by atomic mass is 9.67. The SMILES string of the molecule is CCC1(CC)c2cc(-c3ccc4c(c3)c3c(n4-c4ccc5c(c4)C(c4ccccc4)(c4ccccc4)c4ccccc4-5)CCC=C3)ccc2-c2ccc([Si](c3ccccc3)(c3ccccc3)c3ccccc3)cc21. The number of aromatic nitrogens is 1. The molecule has 74 heavy (non-hydrogen) atoms. The summed E-state index contributed by atoms with van der Waals surface area (Å²) in [6.45, 7) is 4.82. The Hall–Kier alpha value is -8.30. The van der Waals surface area contributed by atoms with E-state index in [0.29, 0.717) is 0 Å². The number of hydrogen-bond donors (Lipinski definition) is 0. The van der Waals surface area contributed by atoms with Gasteiger partial charge >= 0.3 is 0 Å². The first-order valence-electron chi connectivity index (χ1n) is 26.8. The zero-order valence-electron chi connectivity index (χ0n) is 42.1. The van der Waals surface area contributed by atoms with Crippen molar-refractivity contribution in [2.45, 2.75) is 50.4 Å². The topological polar surface area (TPSA) is 4.93 Å². The molecule has 0 saturated carbocycles. The average molecular weight is 964 g/mol. The Labute approximate surface area is 436 Å². The minimum Gasteiger partial charge on any atom is -0.313 e. The molecule has 0 atom stereocenters. The van der Waals surface area contributed by atoms with Crippen LogP contribution in [0.2, 0.25) is 0 Å². The van der Waals surface area contributed by atoms with Gasteiger partial charge in [0.05, 0.1) is 10.9 Å². The minimum absolute atomic E-state index is 0.127. The van der Waals surface area contributed by atoms with Gasteiger partial charge in [-0.25, -0.2) is 0 Å². The van der Waals surface area contributed by atoms with Crippen LogP contribution in [-0.2, 0) is 17.3 Å². The molecule has 14 rings (SSSR count). The van der Waals surface area contributed by atoms with Crippen LogP contribution in [0.5, 0.6) is 0 Å². The van der Waals surface area contributed by atoms with Gasteiger partial charge in [0.25, 0.3) is 0 Å². The van der Waals surface area contributed by atoms with Gasteiger partial charge < -0.3 is 4.57 Å². The average Bonchev–Trinajstić information content (AvgIpc) is 4.08. The van der Waals surface area contributed by atoms with Crippen LogP contribution < -0.4 is 20.7 Å². The van der Waals surface area contributed by atoms with E-state index < -0.39 is 13.5 Å². The van der Waals surface area contributed by atoms with E-state index in [1.54, 1.807) is 0 Å². The highest BCUT2D eigenvalue weighted by Gasteiger charge is 2.48. The fraction of sp³-hybridized carbons (Fsp3) is 0.111. The number of allylic oxidation sites excluding steroid dienone is 1. The highest BCUT2D eigenvalue weighted by Crippen LogP contribution is 2.57. The first-order chi connectivity index (χ1) is 36.6. The van der Waals surface area contributed by atoms with Crippen molar-refractivity contribution in [3.05, 3.63) is 299 Å². The summed E-state index contributed by atoms with van der Waals surface area (Å²) in [5.74, 6) is 0. The second kappa shape index (κ2) is 17.4. The molecule has 354 valence electrons. The molecule has 2 heteroatoms. The van der Waals surface area contributed by atoms with E-state index in [1.807, 2.05) is 0 Å². The van der Waals surface area contributed by atoms with E-state index in [9.17, 15) is 0 Å². The monoisotopic (exact) mass is 963 g/mol. The van der Waals surface area contributed by atoms with Gasteiger partial charge in [0.15, 0.2) is 8.07 Å². The molecule has 10 aromatic carbocycles. The second-order valence-corrected chi connectivity index (χ2v) is 24.6. The fourth-order valence-electron chi connectivity index (χ4n) is 14.3. The molecule has 3 aliphatic carbocycles. The summed E-state index contributed by atoms with van der Waals surface area (Å²) in [6.07, 6.45) is 8.83. The van der Waals surface area contributed by atoms with E-state index in [2.05, 4.69) is 279 Å². The zero-order chi connectivity index (χ0) is 49.4. The summed E-state index contributed by atoms with van der Waals surface area (Å²) in [7, 11) is -2.72. The molecular weight excluding hydrogens is 907 g/mol. The van der Waals surface area contributed by atoms with Crippen LogP contribution in [0.1, 0.15) is 77.7 Å². The van der Waals surface area contributed by atoms with Crippen molar-refractivity contribution in [1.29, 1.82) is 0 Å². The van der Waals surface area contributed by atoms with Crippen molar-refractivity contribution in [2.75, 3.05) is 0 Å². The summed E-state index contributed by atoms with van der Waals surface area (Å²) >= 11 is 0. The molecule has 0 radical (unpaired) electrons. The Kier molecular flexibility index (Phi) is 10.5. The van der Waals surface area contributed by atoms with Gasteiger partial charge in [-0.15, -0.1) is 0 Å². The second-order valence-electron chi connectivity index (χ2n) is 20.8. The van der Waals surface area contributed by atoms with E-state index in [4.69, 9.17) is 0 Å². The van der Waals surface area contributed by atoms with Crippen molar-refractivity contribution < 1.29 is 0 Å². The molecule has 3 aliphatic rings. The van der Waals surface area contributed by atoms with E-state index in [1.165, 1.54) is 115 Å². The Morgan fingerprint density at radius 1 is 0.419 bits per heavy atom. The third kappa shape index (κ3) is 6.28. The summed E-state index contributed by atoms with van der Waals surface area (Å²) in [5.41, 5.74) is 20.7. The summed E-state index contributed by atoms with van der Waals surface area (Å²) < 4.78 is 2.59. The van der Waals surface area contributed by atoms with Gasteiger partial charge in [-0.05, 0) is 144 Å². The summed E-state index contributed by atoms with van der Waals surface area (Å²) in [6, 6.07) is 95.0. The summed E-state index contributed by atoms with van der Waals surface area (Å²) in [5, 5.41) is 6.97. The molecule has 0 unspecified atom stereocenters. The lowest BCUT2D eigenvalue weighted by molar-refractivity contribution is 0.491. The highest BCUT2D eigenvalue weighted by atomic mass is 28.3. The Morgan fingerprint density at radius 2 is 0.919 bits per heavy atom. The maximum atomic E-state index is 2.65. The zero-order valence-corrected chi connectivity index (χ0v) is 43.1.